The Bertz CT molecular complexity index is 850. The largest absolute Gasteiger partial charge is 0.385 e. The molecule has 1 aliphatic heterocycles. The molecule has 2 N–H and O–H groups in total. The van der Waals surface area contributed by atoms with E-state index in [2.05, 4.69) is 19.5 Å². The summed E-state index contributed by atoms with van der Waals surface area (Å²) in [5.41, 5.74) is 2.54. The number of nitrogens with one attached hydrogen (secondary N) is 1. The van der Waals surface area contributed by atoms with Crippen molar-refractivity contribution < 1.29 is 9.90 Å². The molecular formula is C15H17N5O2. The molecular weight excluding hydrogens is 282 g/mol. The van der Waals surface area contributed by atoms with Crippen molar-refractivity contribution in [3.8, 4) is 0 Å². The third-order valence-corrected chi connectivity index (χ3v) is 4.34. The lowest BCUT2D eigenvalue weighted by Gasteiger charge is -2.18. The highest BCUT2D eigenvalue weighted by Crippen LogP contribution is 2.33. The number of pyridine rings is 1. The van der Waals surface area contributed by atoms with Gasteiger partial charge in [-0.15, -0.1) is 0 Å². The number of hydrogen-bond acceptors (Lipinski definition) is 4. The Kier molecular flexibility index (Phi) is 2.90. The van der Waals surface area contributed by atoms with E-state index in [-0.39, 0.29) is 6.04 Å². The molecule has 0 saturated carbocycles. The number of nitrogens with zero attached hydrogens (tertiary/aromatic N) is 4. The van der Waals surface area contributed by atoms with Crippen molar-refractivity contribution in [3.63, 3.8) is 0 Å². The molecule has 1 aliphatic rings. The van der Waals surface area contributed by atoms with E-state index in [1.165, 1.54) is 0 Å². The Morgan fingerprint density at radius 1 is 1.55 bits per heavy atom. The van der Waals surface area contributed by atoms with Gasteiger partial charge in [-0.2, -0.15) is 0 Å². The summed E-state index contributed by atoms with van der Waals surface area (Å²) in [6.45, 7) is 3.09. The summed E-state index contributed by atoms with van der Waals surface area (Å²) in [7, 11) is 0. The highest BCUT2D eigenvalue weighted by atomic mass is 16.3. The molecule has 1 saturated heterocycles. The molecule has 1 unspecified atom stereocenters. The fourth-order valence-electron chi connectivity index (χ4n) is 3.35. The van der Waals surface area contributed by atoms with Gasteiger partial charge in [0, 0.05) is 24.7 Å². The summed E-state index contributed by atoms with van der Waals surface area (Å²) in [4.78, 5) is 24.8. The van der Waals surface area contributed by atoms with Crippen LogP contribution in [0.5, 0.6) is 0 Å². The molecule has 4 rings (SSSR count). The fourth-order valence-corrected chi connectivity index (χ4v) is 3.35. The van der Waals surface area contributed by atoms with Crippen LogP contribution in [0.15, 0.2) is 18.5 Å². The molecule has 7 heteroatoms. The summed E-state index contributed by atoms with van der Waals surface area (Å²) in [6.07, 6.45) is 4.64. The third-order valence-electron chi connectivity index (χ3n) is 4.34. The van der Waals surface area contributed by atoms with Crippen molar-refractivity contribution in [3.05, 3.63) is 24.3 Å². The monoisotopic (exact) mass is 299 g/mol. The molecule has 1 amide bonds. The first-order chi connectivity index (χ1) is 10.7. The number of rotatable bonds is 3. The van der Waals surface area contributed by atoms with E-state index in [0.29, 0.717) is 12.4 Å². The maximum atomic E-state index is 11.0. The first kappa shape index (κ1) is 13.3. The molecule has 4 heterocycles. The maximum Gasteiger partial charge on any atom is 0.209 e. The number of carbonyl (C=O) groups is 1. The Balaban J connectivity index is 1.98. The minimum atomic E-state index is -0.674. The predicted molar refractivity (Wildman–Crippen MR) is 81.3 cm³/mol. The van der Waals surface area contributed by atoms with E-state index in [0.717, 1.165) is 41.4 Å². The first-order valence-corrected chi connectivity index (χ1v) is 7.40. The molecule has 22 heavy (non-hydrogen) atoms. The molecule has 3 aromatic heterocycles. The van der Waals surface area contributed by atoms with Crippen LogP contribution in [-0.4, -0.2) is 49.0 Å². The van der Waals surface area contributed by atoms with Crippen LogP contribution in [0.1, 0.15) is 31.3 Å². The second-order valence-electron chi connectivity index (χ2n) is 5.79. The van der Waals surface area contributed by atoms with Gasteiger partial charge in [0.15, 0.2) is 0 Å². The average molecular weight is 299 g/mol. The molecule has 2 atom stereocenters. The van der Waals surface area contributed by atoms with Crippen LogP contribution >= 0.6 is 0 Å². The number of carbonyl (C=O) groups excluding carboxylic acids is 1. The standard InChI is InChI=1S/C15H17N5O2/c1-9(22)15-18-12-6-17-14-11(2-4-16-14)13(12)20(15)10-3-5-19(7-10)8-21/h2,4,6,8-10,22H,3,5,7H2,1H3,(H,16,17)/t9-,10?/m1/s1. The maximum absolute atomic E-state index is 11.0. The number of aromatic amines is 1. The van der Waals surface area contributed by atoms with E-state index in [4.69, 9.17) is 0 Å². The Morgan fingerprint density at radius 3 is 3.14 bits per heavy atom. The van der Waals surface area contributed by atoms with Crippen molar-refractivity contribution in [2.75, 3.05) is 13.1 Å². The molecule has 0 spiro atoms. The lowest BCUT2D eigenvalue weighted by molar-refractivity contribution is -0.117. The molecule has 3 aromatic rings. The number of aromatic nitrogens is 4. The molecule has 0 radical (unpaired) electrons. The Labute approximate surface area is 126 Å². The van der Waals surface area contributed by atoms with E-state index >= 15 is 0 Å². The zero-order valence-corrected chi connectivity index (χ0v) is 12.2. The van der Waals surface area contributed by atoms with Crippen LogP contribution in [0, 0.1) is 0 Å². The van der Waals surface area contributed by atoms with Gasteiger partial charge in [0.25, 0.3) is 0 Å². The molecule has 1 fully saturated rings. The number of H-pyrrole nitrogens is 1. The van der Waals surface area contributed by atoms with Crippen LogP contribution < -0.4 is 0 Å². The second kappa shape index (κ2) is 4.81. The minimum absolute atomic E-state index is 0.125. The van der Waals surface area contributed by atoms with Crippen LogP contribution in [0.25, 0.3) is 22.1 Å². The van der Waals surface area contributed by atoms with Crippen molar-refractivity contribution >= 4 is 28.5 Å². The van der Waals surface area contributed by atoms with Crippen LogP contribution in [0.4, 0.5) is 0 Å². The zero-order chi connectivity index (χ0) is 15.3. The van der Waals surface area contributed by atoms with Crippen molar-refractivity contribution in [2.24, 2.45) is 0 Å². The van der Waals surface area contributed by atoms with Gasteiger partial charge in [-0.05, 0) is 19.4 Å². The zero-order valence-electron chi connectivity index (χ0n) is 12.2. The summed E-state index contributed by atoms with van der Waals surface area (Å²) in [6, 6.07) is 2.10. The fraction of sp³-hybridized carbons (Fsp3) is 0.400. The summed E-state index contributed by atoms with van der Waals surface area (Å²) < 4.78 is 2.08. The minimum Gasteiger partial charge on any atom is -0.385 e. The van der Waals surface area contributed by atoms with Gasteiger partial charge in [-0.25, -0.2) is 9.97 Å². The topological polar surface area (TPSA) is 87.0 Å². The number of fused-ring (bicyclic) bond motifs is 3. The number of imidazole rings is 1. The number of likely N-dealkylation sites (tertiary alicyclic amines) is 1. The van der Waals surface area contributed by atoms with Crippen molar-refractivity contribution in [1.29, 1.82) is 0 Å². The van der Waals surface area contributed by atoms with Gasteiger partial charge in [-0.3, -0.25) is 4.79 Å². The van der Waals surface area contributed by atoms with Gasteiger partial charge >= 0.3 is 0 Å². The van der Waals surface area contributed by atoms with Gasteiger partial charge in [0.05, 0.1) is 17.8 Å². The number of aliphatic hydroxyl groups excluding tert-OH is 1. The predicted octanol–water partition coefficient (Wildman–Crippen LogP) is 1.37. The van der Waals surface area contributed by atoms with Crippen LogP contribution in [0.3, 0.4) is 0 Å². The van der Waals surface area contributed by atoms with Gasteiger partial charge in [0.2, 0.25) is 6.41 Å². The second-order valence-corrected chi connectivity index (χ2v) is 5.79. The summed E-state index contributed by atoms with van der Waals surface area (Å²) >= 11 is 0. The average Bonchev–Trinajstić information content (AvgIpc) is 3.22. The third kappa shape index (κ3) is 1.82. The number of amides is 1. The molecule has 7 nitrogen and oxygen atoms in total. The normalized spacial score (nSPS) is 20.1. The summed E-state index contributed by atoms with van der Waals surface area (Å²) in [5, 5.41) is 11.1. The van der Waals surface area contributed by atoms with E-state index < -0.39 is 6.10 Å². The van der Waals surface area contributed by atoms with Gasteiger partial charge in [-0.1, -0.05) is 0 Å². The van der Waals surface area contributed by atoms with E-state index in [1.54, 1.807) is 18.0 Å². The quantitative estimate of drug-likeness (QED) is 0.715. The van der Waals surface area contributed by atoms with Gasteiger partial charge < -0.3 is 19.6 Å². The molecule has 0 bridgehead atoms. The Morgan fingerprint density at radius 2 is 2.41 bits per heavy atom. The summed E-state index contributed by atoms with van der Waals surface area (Å²) in [5.74, 6) is 0.628. The van der Waals surface area contributed by atoms with E-state index in [9.17, 15) is 9.90 Å². The lowest BCUT2D eigenvalue weighted by Crippen LogP contribution is -2.21. The van der Waals surface area contributed by atoms with Crippen LogP contribution in [0.2, 0.25) is 0 Å². The van der Waals surface area contributed by atoms with E-state index in [1.807, 2.05) is 12.3 Å². The number of aliphatic hydroxyl groups is 1. The van der Waals surface area contributed by atoms with Crippen molar-refractivity contribution in [2.45, 2.75) is 25.5 Å². The SMILES string of the molecule is C[C@@H](O)c1nc2cnc3[nH]ccc3c2n1C1CCN(C=O)C1. The highest BCUT2D eigenvalue weighted by Gasteiger charge is 2.28. The smallest absolute Gasteiger partial charge is 0.209 e. The number of hydrogen-bond donors (Lipinski definition) is 2. The highest BCUT2D eigenvalue weighted by molar-refractivity contribution is 6.01. The molecule has 0 aliphatic carbocycles. The Hall–Kier alpha value is -2.41. The lowest BCUT2D eigenvalue weighted by atomic mass is 10.2. The molecule has 114 valence electrons. The molecule has 0 aromatic carbocycles. The van der Waals surface area contributed by atoms with Crippen LogP contribution in [-0.2, 0) is 4.79 Å². The van der Waals surface area contributed by atoms with Crippen molar-refractivity contribution in [1.82, 2.24) is 24.4 Å². The first-order valence-electron chi connectivity index (χ1n) is 7.40. The van der Waals surface area contributed by atoms with Gasteiger partial charge in [0.1, 0.15) is 23.1 Å².